The average Bonchev–Trinajstić information content (AvgIpc) is 2.45. The minimum absolute atomic E-state index is 0.146. The van der Waals surface area contributed by atoms with E-state index in [1.54, 1.807) is 5.32 Å². The van der Waals surface area contributed by atoms with Gasteiger partial charge in [-0.1, -0.05) is 0 Å². The normalized spacial score (nSPS) is 12.6. The Bertz CT molecular complexity index is 502. The molecular weight excluding hydrogens is 293 g/mol. The highest BCUT2D eigenvalue weighted by Gasteiger charge is 2.38. The van der Waals surface area contributed by atoms with Gasteiger partial charge in [-0.3, -0.25) is 9.78 Å². The second-order valence-corrected chi connectivity index (χ2v) is 4.02. The van der Waals surface area contributed by atoms with Crippen LogP contribution in [0, 0.1) is 0 Å². The molecule has 1 aromatic heterocycles. The van der Waals surface area contributed by atoms with Crippen molar-refractivity contribution in [1.82, 2.24) is 10.3 Å². The van der Waals surface area contributed by atoms with Crippen molar-refractivity contribution in [3.63, 3.8) is 0 Å². The van der Waals surface area contributed by atoms with Crippen LogP contribution in [0.1, 0.15) is 28.6 Å². The Kier molecular flexibility index (Phi) is 5.65. The molecule has 1 heterocycles. The van der Waals surface area contributed by atoms with Gasteiger partial charge in [0.2, 0.25) is 0 Å². The predicted octanol–water partition coefficient (Wildman–Crippen LogP) is 0.970. The smallest absolute Gasteiger partial charge is 0.465 e. The number of aliphatic hydroxyl groups is 1. The van der Waals surface area contributed by atoms with E-state index in [-0.39, 0.29) is 24.2 Å². The molecular formula is C12H13F3N2O4. The highest BCUT2D eigenvalue weighted by Crippen LogP contribution is 2.16. The van der Waals surface area contributed by atoms with Crippen LogP contribution in [0.25, 0.3) is 0 Å². The lowest BCUT2D eigenvalue weighted by Crippen LogP contribution is -2.37. The van der Waals surface area contributed by atoms with Crippen molar-refractivity contribution in [2.45, 2.75) is 18.7 Å². The molecule has 1 rings (SSSR count). The number of ether oxygens (including phenoxy) is 1. The van der Waals surface area contributed by atoms with E-state index in [1.165, 1.54) is 25.4 Å². The number of pyridine rings is 1. The summed E-state index contributed by atoms with van der Waals surface area (Å²) in [5, 5.41) is 11.3. The predicted molar refractivity (Wildman–Crippen MR) is 64.2 cm³/mol. The van der Waals surface area contributed by atoms with Crippen LogP contribution in [0.5, 0.6) is 0 Å². The van der Waals surface area contributed by atoms with Crippen molar-refractivity contribution in [2.75, 3.05) is 13.7 Å². The number of carbonyl (C=O) groups excluding carboxylic acids is 2. The third-order valence-electron chi connectivity index (χ3n) is 2.51. The van der Waals surface area contributed by atoms with Gasteiger partial charge in [-0.2, -0.15) is 13.2 Å². The Morgan fingerprint density at radius 3 is 2.57 bits per heavy atom. The molecule has 0 spiro atoms. The van der Waals surface area contributed by atoms with E-state index >= 15 is 0 Å². The Balaban J connectivity index is 2.51. The fourth-order valence-corrected chi connectivity index (χ4v) is 1.41. The first-order valence-electron chi connectivity index (χ1n) is 5.83. The Labute approximate surface area is 117 Å². The van der Waals surface area contributed by atoms with Crippen LogP contribution in [0.3, 0.4) is 0 Å². The molecule has 6 nitrogen and oxygen atoms in total. The number of esters is 1. The molecule has 1 amide bonds. The molecule has 0 aromatic carbocycles. The van der Waals surface area contributed by atoms with E-state index < -0.39 is 24.2 Å². The highest BCUT2D eigenvalue weighted by molar-refractivity contribution is 5.88. The van der Waals surface area contributed by atoms with Crippen molar-refractivity contribution in [3.8, 4) is 0 Å². The van der Waals surface area contributed by atoms with Crippen LogP contribution in [-0.4, -0.2) is 41.8 Å². The number of nitrogens with zero attached hydrogens (tertiary/aromatic N) is 1. The number of hydrogen-bond donors (Lipinski definition) is 2. The minimum Gasteiger partial charge on any atom is -0.465 e. The molecule has 1 aromatic rings. The lowest BCUT2D eigenvalue weighted by molar-refractivity contribution is -0.173. The summed E-state index contributed by atoms with van der Waals surface area (Å²) in [5.74, 6) is -2.66. The van der Waals surface area contributed by atoms with Crippen LogP contribution < -0.4 is 5.32 Å². The molecule has 21 heavy (non-hydrogen) atoms. The second-order valence-electron chi connectivity index (χ2n) is 4.02. The van der Waals surface area contributed by atoms with E-state index in [1.807, 2.05) is 0 Å². The first-order valence-corrected chi connectivity index (χ1v) is 5.83. The van der Waals surface area contributed by atoms with E-state index in [9.17, 15) is 27.9 Å². The van der Waals surface area contributed by atoms with Crippen LogP contribution in [0.4, 0.5) is 13.2 Å². The van der Waals surface area contributed by atoms with Gasteiger partial charge in [0.05, 0.1) is 24.5 Å². The molecule has 0 aliphatic carbocycles. The number of amides is 1. The van der Waals surface area contributed by atoms with Gasteiger partial charge in [-0.05, 0) is 18.6 Å². The third kappa shape index (κ3) is 5.03. The molecule has 1 atom stereocenters. The first-order chi connectivity index (χ1) is 9.75. The maximum Gasteiger partial charge on any atom is 0.471 e. The Hall–Kier alpha value is -2.16. The molecule has 9 heteroatoms. The summed E-state index contributed by atoms with van der Waals surface area (Å²) in [4.78, 5) is 25.5. The third-order valence-corrected chi connectivity index (χ3v) is 2.51. The van der Waals surface area contributed by atoms with Gasteiger partial charge in [-0.25, -0.2) is 4.79 Å². The molecule has 0 saturated heterocycles. The number of carbonyl (C=O) groups is 2. The SMILES string of the molecule is COC(=O)c1ccc(C(O)CCNC(=O)C(F)(F)F)nc1. The topological polar surface area (TPSA) is 88.5 Å². The lowest BCUT2D eigenvalue weighted by Gasteiger charge is -2.12. The van der Waals surface area contributed by atoms with Crippen molar-refractivity contribution >= 4 is 11.9 Å². The van der Waals surface area contributed by atoms with Crippen molar-refractivity contribution in [2.24, 2.45) is 0 Å². The van der Waals surface area contributed by atoms with Crippen molar-refractivity contribution in [3.05, 3.63) is 29.6 Å². The fraction of sp³-hybridized carbons (Fsp3) is 0.417. The van der Waals surface area contributed by atoms with E-state index in [0.717, 1.165) is 0 Å². The summed E-state index contributed by atoms with van der Waals surface area (Å²) in [6.45, 7) is -0.361. The van der Waals surface area contributed by atoms with E-state index in [4.69, 9.17) is 0 Å². The standard InChI is InChI=1S/C12H13F3N2O4/c1-21-10(19)7-2-3-8(17-6-7)9(18)4-5-16-11(20)12(13,14)15/h2-3,6,9,18H,4-5H2,1H3,(H,16,20). The maximum atomic E-state index is 11.9. The summed E-state index contributed by atoms with van der Waals surface area (Å²) in [7, 11) is 1.20. The van der Waals surface area contributed by atoms with Crippen molar-refractivity contribution in [1.29, 1.82) is 0 Å². The number of aliphatic hydroxyl groups excluding tert-OH is 1. The summed E-state index contributed by atoms with van der Waals surface area (Å²) in [5.41, 5.74) is 0.350. The Morgan fingerprint density at radius 1 is 1.43 bits per heavy atom. The molecule has 0 aliphatic heterocycles. The molecule has 0 bridgehead atoms. The van der Waals surface area contributed by atoms with Crippen LogP contribution in [0.15, 0.2) is 18.3 Å². The average molecular weight is 306 g/mol. The number of aromatic nitrogens is 1. The molecule has 0 radical (unpaired) electrons. The van der Waals surface area contributed by atoms with Gasteiger partial charge in [0.15, 0.2) is 0 Å². The first kappa shape index (κ1) is 16.9. The van der Waals surface area contributed by atoms with E-state index in [0.29, 0.717) is 0 Å². The Morgan fingerprint density at radius 2 is 2.10 bits per heavy atom. The zero-order valence-electron chi connectivity index (χ0n) is 11.0. The maximum absolute atomic E-state index is 11.9. The molecule has 0 saturated carbocycles. The van der Waals surface area contributed by atoms with Gasteiger partial charge in [0, 0.05) is 12.7 Å². The number of nitrogens with one attached hydrogen (secondary N) is 1. The van der Waals surface area contributed by atoms with Gasteiger partial charge in [0.1, 0.15) is 0 Å². The molecule has 0 aliphatic rings. The largest absolute Gasteiger partial charge is 0.471 e. The number of rotatable bonds is 5. The zero-order valence-corrected chi connectivity index (χ0v) is 11.0. The number of methoxy groups -OCH3 is 1. The van der Waals surface area contributed by atoms with Gasteiger partial charge in [-0.15, -0.1) is 0 Å². The van der Waals surface area contributed by atoms with Gasteiger partial charge in [0.25, 0.3) is 0 Å². The second kappa shape index (κ2) is 7.02. The summed E-state index contributed by atoms with van der Waals surface area (Å²) in [6.07, 6.45) is -5.08. The number of halogens is 3. The quantitative estimate of drug-likeness (QED) is 0.791. The lowest BCUT2D eigenvalue weighted by atomic mass is 10.1. The van der Waals surface area contributed by atoms with Gasteiger partial charge >= 0.3 is 18.1 Å². The highest BCUT2D eigenvalue weighted by atomic mass is 19.4. The minimum atomic E-state index is -4.95. The number of alkyl halides is 3. The number of hydrogen-bond acceptors (Lipinski definition) is 5. The molecule has 0 fully saturated rings. The summed E-state index contributed by atoms with van der Waals surface area (Å²) in [6, 6.07) is 2.72. The summed E-state index contributed by atoms with van der Waals surface area (Å²) >= 11 is 0. The van der Waals surface area contributed by atoms with Crippen LogP contribution in [-0.2, 0) is 9.53 Å². The van der Waals surface area contributed by atoms with Gasteiger partial charge < -0.3 is 15.2 Å². The zero-order chi connectivity index (χ0) is 16.0. The van der Waals surface area contributed by atoms with E-state index in [2.05, 4.69) is 9.72 Å². The van der Waals surface area contributed by atoms with Crippen LogP contribution >= 0.6 is 0 Å². The molecule has 2 N–H and O–H groups in total. The van der Waals surface area contributed by atoms with Crippen LogP contribution in [0.2, 0.25) is 0 Å². The summed E-state index contributed by atoms with van der Waals surface area (Å²) < 4.78 is 40.2. The monoisotopic (exact) mass is 306 g/mol. The molecule has 116 valence electrons. The van der Waals surface area contributed by atoms with Crippen molar-refractivity contribution < 1.29 is 32.6 Å². The molecule has 1 unspecified atom stereocenters. The fourth-order valence-electron chi connectivity index (χ4n) is 1.41.